The van der Waals surface area contributed by atoms with E-state index in [-0.39, 0.29) is 12.1 Å². The average molecular weight is 244 g/mol. The fourth-order valence-corrected chi connectivity index (χ4v) is 3.21. The maximum Gasteiger partial charge on any atom is 0.0994 e. The molecular formula is C12H24N2O3. The first-order valence-electron chi connectivity index (χ1n) is 6.54. The molecule has 5 atom stereocenters. The molecule has 0 spiro atoms. The predicted octanol–water partition coefficient (Wildman–Crippen LogP) is -1.13. The lowest BCUT2D eigenvalue weighted by Gasteiger charge is -2.46. The van der Waals surface area contributed by atoms with Gasteiger partial charge in [-0.25, -0.2) is 0 Å². The van der Waals surface area contributed by atoms with Crippen LogP contribution in [0.3, 0.4) is 0 Å². The smallest absolute Gasteiger partial charge is 0.0994 e. The van der Waals surface area contributed by atoms with Gasteiger partial charge in [-0.3, -0.25) is 9.80 Å². The second-order valence-electron chi connectivity index (χ2n) is 5.37. The molecule has 0 saturated carbocycles. The summed E-state index contributed by atoms with van der Waals surface area (Å²) in [5, 5.41) is 30.1. The van der Waals surface area contributed by atoms with Crippen molar-refractivity contribution < 1.29 is 15.3 Å². The van der Waals surface area contributed by atoms with E-state index in [4.69, 9.17) is 0 Å². The average Bonchev–Trinajstić information content (AvgIpc) is 2.65. The highest BCUT2D eigenvalue weighted by molar-refractivity contribution is 5.03. The van der Waals surface area contributed by atoms with Crippen LogP contribution in [0.5, 0.6) is 0 Å². The van der Waals surface area contributed by atoms with Gasteiger partial charge in [-0.05, 0) is 26.4 Å². The lowest BCUT2D eigenvalue weighted by Crippen LogP contribution is -2.65. The molecule has 2 fully saturated rings. The van der Waals surface area contributed by atoms with Crippen molar-refractivity contribution in [3.05, 3.63) is 0 Å². The highest BCUT2D eigenvalue weighted by Gasteiger charge is 2.48. The second kappa shape index (κ2) is 5.20. The van der Waals surface area contributed by atoms with Crippen LogP contribution in [0.15, 0.2) is 0 Å². The number of likely N-dealkylation sites (N-methyl/N-ethyl adjacent to an activating group) is 1. The quantitative estimate of drug-likeness (QED) is 0.586. The van der Waals surface area contributed by atoms with Crippen LogP contribution < -0.4 is 0 Å². The Morgan fingerprint density at radius 2 is 1.94 bits per heavy atom. The zero-order chi connectivity index (χ0) is 12.6. The fourth-order valence-electron chi connectivity index (χ4n) is 3.21. The maximum atomic E-state index is 10.2. The largest absolute Gasteiger partial charge is 0.391 e. The molecule has 5 nitrogen and oxygen atoms in total. The van der Waals surface area contributed by atoms with E-state index in [1.165, 1.54) is 0 Å². The van der Waals surface area contributed by atoms with Gasteiger partial charge in [0.25, 0.3) is 0 Å². The molecular weight excluding hydrogens is 220 g/mol. The van der Waals surface area contributed by atoms with Gasteiger partial charge in [-0.15, -0.1) is 0 Å². The van der Waals surface area contributed by atoms with Crippen molar-refractivity contribution >= 4 is 0 Å². The number of piperidine rings is 1. The first-order valence-corrected chi connectivity index (χ1v) is 6.54. The van der Waals surface area contributed by atoms with Crippen LogP contribution >= 0.6 is 0 Å². The molecule has 0 aromatic heterocycles. The Balaban J connectivity index is 2.07. The van der Waals surface area contributed by atoms with Crippen LogP contribution in [0.4, 0.5) is 0 Å². The lowest BCUT2D eigenvalue weighted by molar-refractivity contribution is -0.121. The van der Waals surface area contributed by atoms with Crippen LogP contribution in [-0.2, 0) is 0 Å². The molecule has 1 unspecified atom stereocenters. The standard InChI is InChI=1S/C12H24N2O3/c1-3-5-13(2)8-7-14-6-4-9(15)10(14)12(17)11(8)16/h8-12,15-17H,3-7H2,1-2H3/t8-,9-,10?,11+,12+/m0/s1. The second-order valence-corrected chi connectivity index (χ2v) is 5.37. The van der Waals surface area contributed by atoms with E-state index in [1.54, 1.807) is 0 Å². The molecule has 3 N–H and O–H groups in total. The van der Waals surface area contributed by atoms with Crippen molar-refractivity contribution in [3.8, 4) is 0 Å². The highest BCUT2D eigenvalue weighted by atomic mass is 16.3. The fraction of sp³-hybridized carbons (Fsp3) is 1.00. The number of nitrogens with zero attached hydrogens (tertiary/aromatic N) is 2. The summed E-state index contributed by atoms with van der Waals surface area (Å²) in [4.78, 5) is 4.22. The molecule has 0 radical (unpaired) electrons. The van der Waals surface area contributed by atoms with E-state index in [0.29, 0.717) is 6.42 Å². The predicted molar refractivity (Wildman–Crippen MR) is 64.7 cm³/mol. The molecule has 0 aromatic carbocycles. The van der Waals surface area contributed by atoms with Crippen molar-refractivity contribution in [1.29, 1.82) is 0 Å². The van der Waals surface area contributed by atoms with Crippen LogP contribution in [0.1, 0.15) is 19.8 Å². The van der Waals surface area contributed by atoms with Gasteiger partial charge in [0, 0.05) is 13.1 Å². The molecule has 0 amide bonds. The summed E-state index contributed by atoms with van der Waals surface area (Å²) < 4.78 is 0. The molecule has 0 bridgehead atoms. The molecule has 0 aromatic rings. The van der Waals surface area contributed by atoms with Crippen LogP contribution in [0.25, 0.3) is 0 Å². The third-order valence-electron chi connectivity index (χ3n) is 4.19. The summed E-state index contributed by atoms with van der Waals surface area (Å²) in [7, 11) is 1.98. The minimum atomic E-state index is -0.842. The van der Waals surface area contributed by atoms with Crippen LogP contribution in [-0.4, -0.2) is 82.2 Å². The Kier molecular flexibility index (Phi) is 4.05. The first-order chi connectivity index (χ1) is 8.06. The van der Waals surface area contributed by atoms with Crippen molar-refractivity contribution in [2.24, 2.45) is 0 Å². The summed E-state index contributed by atoms with van der Waals surface area (Å²) in [6, 6.07) is -0.317. The molecule has 0 aliphatic carbocycles. The monoisotopic (exact) mass is 244 g/mol. The Morgan fingerprint density at radius 3 is 2.59 bits per heavy atom. The van der Waals surface area contributed by atoms with Crippen molar-refractivity contribution in [2.75, 3.05) is 26.7 Å². The zero-order valence-corrected chi connectivity index (χ0v) is 10.7. The minimum Gasteiger partial charge on any atom is -0.391 e. The SMILES string of the molecule is CCCN(C)[C@H]1CN2CC[C@H](O)C2[C@@H](O)[C@@H]1O. The van der Waals surface area contributed by atoms with Crippen LogP contribution in [0.2, 0.25) is 0 Å². The molecule has 100 valence electrons. The van der Waals surface area contributed by atoms with Crippen LogP contribution in [0, 0.1) is 0 Å². The van der Waals surface area contributed by atoms with E-state index < -0.39 is 18.3 Å². The zero-order valence-electron chi connectivity index (χ0n) is 10.7. The van der Waals surface area contributed by atoms with Gasteiger partial charge in [0.2, 0.25) is 0 Å². The Morgan fingerprint density at radius 1 is 1.24 bits per heavy atom. The molecule has 17 heavy (non-hydrogen) atoms. The summed E-state index contributed by atoms with van der Waals surface area (Å²) in [5.74, 6) is 0. The number of hydrogen-bond acceptors (Lipinski definition) is 5. The summed E-state index contributed by atoms with van der Waals surface area (Å²) in [6.45, 7) is 4.56. The van der Waals surface area contributed by atoms with E-state index in [0.717, 1.165) is 26.1 Å². The third-order valence-corrected chi connectivity index (χ3v) is 4.19. The maximum absolute atomic E-state index is 10.2. The van der Waals surface area contributed by atoms with Gasteiger partial charge in [-0.2, -0.15) is 0 Å². The topological polar surface area (TPSA) is 67.2 Å². The Hall–Kier alpha value is -0.200. The van der Waals surface area contributed by atoms with E-state index >= 15 is 0 Å². The molecule has 2 aliphatic heterocycles. The molecule has 2 saturated heterocycles. The lowest BCUT2D eigenvalue weighted by atomic mass is 9.90. The van der Waals surface area contributed by atoms with Gasteiger partial charge in [0.1, 0.15) is 0 Å². The summed E-state index contributed by atoms with van der Waals surface area (Å²) in [6.07, 6.45) is -0.385. The van der Waals surface area contributed by atoms with E-state index in [2.05, 4.69) is 16.7 Å². The normalized spacial score (nSPS) is 43.1. The number of hydrogen-bond donors (Lipinski definition) is 3. The van der Waals surface area contributed by atoms with E-state index in [9.17, 15) is 15.3 Å². The van der Waals surface area contributed by atoms with Gasteiger partial charge in [0.05, 0.1) is 30.4 Å². The number of aliphatic hydroxyl groups is 3. The molecule has 5 heteroatoms. The highest BCUT2D eigenvalue weighted by Crippen LogP contribution is 2.29. The van der Waals surface area contributed by atoms with Gasteiger partial charge in [-0.1, -0.05) is 6.92 Å². The Labute approximate surface area is 103 Å². The third kappa shape index (κ3) is 2.35. The van der Waals surface area contributed by atoms with Crippen molar-refractivity contribution in [1.82, 2.24) is 9.80 Å². The minimum absolute atomic E-state index is 0.0356. The molecule has 2 aliphatic rings. The van der Waals surface area contributed by atoms with Crippen molar-refractivity contribution in [2.45, 2.75) is 50.2 Å². The number of aliphatic hydroxyl groups excluding tert-OH is 3. The van der Waals surface area contributed by atoms with Crippen molar-refractivity contribution in [3.63, 3.8) is 0 Å². The van der Waals surface area contributed by atoms with Gasteiger partial charge in [0.15, 0.2) is 0 Å². The van der Waals surface area contributed by atoms with E-state index in [1.807, 2.05) is 7.05 Å². The Bertz CT molecular complexity index is 264. The number of rotatable bonds is 3. The number of fused-ring (bicyclic) bond motifs is 1. The molecule has 2 rings (SSSR count). The summed E-state index contributed by atoms with van der Waals surface area (Å²) >= 11 is 0. The van der Waals surface area contributed by atoms with Gasteiger partial charge >= 0.3 is 0 Å². The summed E-state index contributed by atoms with van der Waals surface area (Å²) in [5.41, 5.74) is 0. The van der Waals surface area contributed by atoms with Gasteiger partial charge < -0.3 is 15.3 Å². The first kappa shape index (κ1) is 13.2. The molecule has 2 heterocycles.